The van der Waals surface area contributed by atoms with Crippen LogP contribution in [0.2, 0.25) is 0 Å². The van der Waals surface area contributed by atoms with Gasteiger partial charge in [-0.25, -0.2) is 4.79 Å². The highest BCUT2D eigenvalue weighted by Gasteiger charge is 2.51. The molecule has 6 nitrogen and oxygen atoms in total. The van der Waals surface area contributed by atoms with E-state index in [0.29, 0.717) is 32.2 Å². The summed E-state index contributed by atoms with van der Waals surface area (Å²) < 4.78 is 5.21. The number of carbonyl (C=O) groups excluding carboxylic acids is 1. The highest BCUT2D eigenvalue weighted by atomic mass is 16.5. The van der Waals surface area contributed by atoms with Crippen LogP contribution in [0.25, 0.3) is 0 Å². The molecule has 2 saturated carbocycles. The highest BCUT2D eigenvalue weighted by Crippen LogP contribution is 2.48. The molecule has 0 aromatic rings. The van der Waals surface area contributed by atoms with Crippen LogP contribution in [0.3, 0.4) is 0 Å². The fourth-order valence-electron chi connectivity index (χ4n) is 3.85. The van der Waals surface area contributed by atoms with Crippen molar-refractivity contribution in [3.8, 4) is 0 Å². The summed E-state index contributed by atoms with van der Waals surface area (Å²) in [5, 5.41) is 12.3. The van der Waals surface area contributed by atoms with Crippen LogP contribution in [-0.2, 0) is 9.53 Å². The molecule has 1 saturated heterocycles. The summed E-state index contributed by atoms with van der Waals surface area (Å²) in [6, 6.07) is -0.321. The van der Waals surface area contributed by atoms with Gasteiger partial charge in [-0.2, -0.15) is 0 Å². The Labute approximate surface area is 112 Å². The van der Waals surface area contributed by atoms with Crippen LogP contribution in [0.5, 0.6) is 0 Å². The van der Waals surface area contributed by atoms with Gasteiger partial charge in [-0.15, -0.1) is 0 Å². The van der Waals surface area contributed by atoms with Crippen molar-refractivity contribution in [3.63, 3.8) is 0 Å². The molecule has 1 aliphatic heterocycles. The van der Waals surface area contributed by atoms with Crippen LogP contribution in [-0.4, -0.2) is 54.4 Å². The zero-order valence-corrected chi connectivity index (χ0v) is 10.9. The minimum absolute atomic E-state index is 0.132. The number of nitrogens with zero attached hydrogens (tertiary/aromatic N) is 1. The van der Waals surface area contributed by atoms with Crippen molar-refractivity contribution in [2.45, 2.75) is 25.3 Å². The molecule has 2 N–H and O–H groups in total. The maximum Gasteiger partial charge on any atom is 0.317 e. The number of carboxylic acid groups (broad SMARTS) is 1. The molecule has 3 rings (SSSR count). The minimum atomic E-state index is -0.764. The summed E-state index contributed by atoms with van der Waals surface area (Å²) in [5.41, 5.74) is 0. The van der Waals surface area contributed by atoms with Gasteiger partial charge in [-0.05, 0) is 31.1 Å². The van der Waals surface area contributed by atoms with E-state index in [-0.39, 0.29) is 18.0 Å². The third-order valence-electron chi connectivity index (χ3n) is 4.79. The molecule has 0 radical (unpaired) electrons. The Morgan fingerprint density at radius 2 is 1.84 bits per heavy atom. The second kappa shape index (κ2) is 5.00. The zero-order valence-electron chi connectivity index (χ0n) is 10.9. The standard InChI is InChI=1S/C13H20N2O4/c16-12(17)10-8-1-2-9(7-8)11(10)14-13(18)15-3-5-19-6-4-15/h8-11H,1-7H2,(H,14,18)(H,16,17). The van der Waals surface area contributed by atoms with Crippen molar-refractivity contribution in [1.82, 2.24) is 10.2 Å². The molecule has 6 heteroatoms. The molecule has 2 bridgehead atoms. The summed E-state index contributed by atoms with van der Waals surface area (Å²) in [5.74, 6) is -0.572. The van der Waals surface area contributed by atoms with Crippen LogP contribution in [0.4, 0.5) is 4.79 Å². The van der Waals surface area contributed by atoms with E-state index in [1.54, 1.807) is 4.90 Å². The number of hydrogen-bond acceptors (Lipinski definition) is 3. The second-order valence-corrected chi connectivity index (χ2v) is 5.77. The Kier molecular flexibility index (Phi) is 3.35. The number of fused-ring (bicyclic) bond motifs is 2. The number of amides is 2. The zero-order chi connectivity index (χ0) is 13.4. The molecular weight excluding hydrogens is 248 g/mol. The van der Waals surface area contributed by atoms with Gasteiger partial charge >= 0.3 is 12.0 Å². The summed E-state index contributed by atoms with van der Waals surface area (Å²) in [6.07, 6.45) is 2.99. The van der Waals surface area contributed by atoms with Gasteiger partial charge in [0.25, 0.3) is 0 Å². The van der Waals surface area contributed by atoms with Gasteiger partial charge in [0.05, 0.1) is 19.1 Å². The molecular formula is C13H20N2O4. The predicted octanol–water partition coefficient (Wildman–Crippen LogP) is 0.528. The third-order valence-corrected chi connectivity index (χ3v) is 4.79. The molecule has 1 heterocycles. The number of rotatable bonds is 2. The molecule has 106 valence electrons. The minimum Gasteiger partial charge on any atom is -0.481 e. The van der Waals surface area contributed by atoms with Crippen molar-refractivity contribution < 1.29 is 19.4 Å². The average molecular weight is 268 g/mol. The number of ether oxygens (including phenoxy) is 1. The Bertz CT molecular complexity index is 381. The monoisotopic (exact) mass is 268 g/mol. The summed E-state index contributed by atoms with van der Waals surface area (Å²) >= 11 is 0. The van der Waals surface area contributed by atoms with E-state index in [1.165, 1.54) is 0 Å². The molecule has 2 amide bonds. The van der Waals surface area contributed by atoms with Crippen LogP contribution in [0.1, 0.15) is 19.3 Å². The van der Waals surface area contributed by atoms with Crippen LogP contribution in [0.15, 0.2) is 0 Å². The van der Waals surface area contributed by atoms with Crippen molar-refractivity contribution in [2.24, 2.45) is 17.8 Å². The van der Waals surface area contributed by atoms with E-state index in [1.807, 2.05) is 0 Å². The quantitative estimate of drug-likeness (QED) is 0.765. The predicted molar refractivity (Wildman–Crippen MR) is 66.7 cm³/mol. The van der Waals surface area contributed by atoms with Gasteiger partial charge < -0.3 is 20.1 Å². The fourth-order valence-corrected chi connectivity index (χ4v) is 3.85. The van der Waals surface area contributed by atoms with E-state index in [4.69, 9.17) is 4.74 Å². The normalized spacial score (nSPS) is 37.4. The number of nitrogens with one attached hydrogen (secondary N) is 1. The van der Waals surface area contributed by atoms with E-state index in [0.717, 1.165) is 19.3 Å². The summed E-state index contributed by atoms with van der Waals surface area (Å²) in [7, 11) is 0. The molecule has 19 heavy (non-hydrogen) atoms. The van der Waals surface area contributed by atoms with Gasteiger partial charge in [0, 0.05) is 19.1 Å². The summed E-state index contributed by atoms with van der Waals surface area (Å²) in [4.78, 5) is 25.3. The SMILES string of the molecule is O=C(O)C1C2CCC(C2)C1NC(=O)N1CCOCC1. The van der Waals surface area contributed by atoms with Gasteiger partial charge in [-0.3, -0.25) is 4.79 Å². The average Bonchev–Trinajstić information content (AvgIpc) is 3.00. The van der Waals surface area contributed by atoms with Gasteiger partial charge in [0.2, 0.25) is 0 Å². The lowest BCUT2D eigenvalue weighted by atomic mass is 9.84. The molecule has 2 aliphatic carbocycles. The number of hydrogen-bond donors (Lipinski definition) is 2. The first-order chi connectivity index (χ1) is 9.16. The first-order valence-corrected chi connectivity index (χ1v) is 7.03. The maximum absolute atomic E-state index is 12.2. The number of urea groups is 1. The first kappa shape index (κ1) is 12.7. The fraction of sp³-hybridized carbons (Fsp3) is 0.846. The Hall–Kier alpha value is -1.30. The van der Waals surface area contributed by atoms with Crippen molar-refractivity contribution in [2.75, 3.05) is 26.3 Å². The lowest BCUT2D eigenvalue weighted by Crippen LogP contribution is -2.53. The van der Waals surface area contributed by atoms with Gasteiger partial charge in [0.15, 0.2) is 0 Å². The van der Waals surface area contributed by atoms with Crippen LogP contribution in [0, 0.1) is 17.8 Å². The largest absolute Gasteiger partial charge is 0.481 e. The lowest BCUT2D eigenvalue weighted by Gasteiger charge is -2.33. The molecule has 0 aromatic carbocycles. The molecule has 0 aromatic heterocycles. The Balaban J connectivity index is 1.64. The van der Waals surface area contributed by atoms with Crippen molar-refractivity contribution >= 4 is 12.0 Å². The van der Waals surface area contributed by atoms with E-state index >= 15 is 0 Å². The van der Waals surface area contributed by atoms with Crippen LogP contribution < -0.4 is 5.32 Å². The molecule has 4 unspecified atom stereocenters. The topological polar surface area (TPSA) is 78.9 Å². The molecule has 4 atom stereocenters. The Morgan fingerprint density at radius 3 is 2.53 bits per heavy atom. The van der Waals surface area contributed by atoms with Crippen LogP contribution >= 0.6 is 0 Å². The number of aliphatic carboxylic acids is 1. The number of morpholine rings is 1. The van der Waals surface area contributed by atoms with E-state index in [2.05, 4.69) is 5.32 Å². The van der Waals surface area contributed by atoms with Crippen molar-refractivity contribution in [1.29, 1.82) is 0 Å². The first-order valence-electron chi connectivity index (χ1n) is 7.03. The van der Waals surface area contributed by atoms with Gasteiger partial charge in [-0.1, -0.05) is 0 Å². The third kappa shape index (κ3) is 2.29. The van der Waals surface area contributed by atoms with E-state index in [9.17, 15) is 14.7 Å². The summed E-state index contributed by atoms with van der Waals surface area (Å²) in [6.45, 7) is 2.30. The van der Waals surface area contributed by atoms with E-state index < -0.39 is 11.9 Å². The molecule has 3 fully saturated rings. The lowest BCUT2D eigenvalue weighted by molar-refractivity contribution is -0.144. The second-order valence-electron chi connectivity index (χ2n) is 5.77. The molecule has 3 aliphatic rings. The number of carbonyl (C=O) groups is 2. The molecule has 0 spiro atoms. The highest BCUT2D eigenvalue weighted by molar-refractivity contribution is 5.77. The Morgan fingerprint density at radius 1 is 1.16 bits per heavy atom. The van der Waals surface area contributed by atoms with Gasteiger partial charge in [0.1, 0.15) is 0 Å². The van der Waals surface area contributed by atoms with Crippen molar-refractivity contribution in [3.05, 3.63) is 0 Å². The smallest absolute Gasteiger partial charge is 0.317 e. The number of carboxylic acids is 1. The maximum atomic E-state index is 12.2.